The van der Waals surface area contributed by atoms with E-state index in [0.29, 0.717) is 40.6 Å². The van der Waals surface area contributed by atoms with E-state index >= 15 is 0 Å². The minimum absolute atomic E-state index is 0.116. The summed E-state index contributed by atoms with van der Waals surface area (Å²) in [6.45, 7) is 0. The standard InChI is InChI=1S/C18H11Cl2F3N4O2/c19-12-4-2-9(5-15(12)29-18(21,22)23)1-3-10-7-14-11(6-13(10)20)8-16(28-14)17-24-26-27-25-17/h2,4-8H,1,3H2,(H,24,25,26,27). The lowest BCUT2D eigenvalue weighted by molar-refractivity contribution is -0.274. The highest BCUT2D eigenvalue weighted by atomic mass is 35.5. The zero-order valence-electron chi connectivity index (χ0n) is 14.4. The van der Waals surface area contributed by atoms with Crippen LogP contribution in [-0.2, 0) is 12.8 Å². The third-order valence-electron chi connectivity index (χ3n) is 4.16. The number of aromatic nitrogens is 4. The van der Waals surface area contributed by atoms with Gasteiger partial charge in [0.05, 0.1) is 5.02 Å². The number of halogens is 5. The Labute approximate surface area is 171 Å². The molecule has 0 aliphatic heterocycles. The summed E-state index contributed by atoms with van der Waals surface area (Å²) in [6, 6.07) is 9.55. The number of nitrogens with one attached hydrogen (secondary N) is 1. The number of furan rings is 1. The van der Waals surface area contributed by atoms with E-state index in [1.54, 1.807) is 24.3 Å². The van der Waals surface area contributed by atoms with Crippen molar-refractivity contribution in [1.82, 2.24) is 20.6 Å². The topological polar surface area (TPSA) is 76.8 Å². The molecule has 0 saturated heterocycles. The minimum atomic E-state index is -4.81. The molecule has 29 heavy (non-hydrogen) atoms. The molecular weight excluding hydrogens is 432 g/mol. The molecule has 0 bridgehead atoms. The van der Waals surface area contributed by atoms with Crippen molar-refractivity contribution in [3.63, 3.8) is 0 Å². The van der Waals surface area contributed by atoms with Crippen molar-refractivity contribution in [1.29, 1.82) is 0 Å². The summed E-state index contributed by atoms with van der Waals surface area (Å²) in [7, 11) is 0. The number of benzene rings is 2. The van der Waals surface area contributed by atoms with E-state index in [-0.39, 0.29) is 5.02 Å². The summed E-state index contributed by atoms with van der Waals surface area (Å²) in [5, 5.41) is 14.7. The lowest BCUT2D eigenvalue weighted by Crippen LogP contribution is -2.17. The summed E-state index contributed by atoms with van der Waals surface area (Å²) < 4.78 is 47.2. The molecule has 11 heteroatoms. The highest BCUT2D eigenvalue weighted by Crippen LogP contribution is 2.33. The molecule has 0 spiro atoms. The number of tetrazole rings is 1. The van der Waals surface area contributed by atoms with Gasteiger partial charge in [0.1, 0.15) is 11.3 Å². The van der Waals surface area contributed by atoms with E-state index in [4.69, 9.17) is 27.6 Å². The van der Waals surface area contributed by atoms with Gasteiger partial charge in [-0.1, -0.05) is 29.3 Å². The van der Waals surface area contributed by atoms with E-state index in [2.05, 4.69) is 25.4 Å². The molecule has 2 heterocycles. The first-order valence-electron chi connectivity index (χ1n) is 8.28. The zero-order valence-corrected chi connectivity index (χ0v) is 15.9. The van der Waals surface area contributed by atoms with Crippen LogP contribution < -0.4 is 4.74 Å². The van der Waals surface area contributed by atoms with Gasteiger partial charge in [-0.3, -0.25) is 0 Å². The van der Waals surface area contributed by atoms with Crippen LogP contribution in [0.3, 0.4) is 0 Å². The molecule has 0 aliphatic rings. The second-order valence-corrected chi connectivity index (χ2v) is 6.95. The van der Waals surface area contributed by atoms with Gasteiger partial charge in [-0.2, -0.15) is 5.21 Å². The second kappa shape index (κ2) is 7.57. The number of fused-ring (bicyclic) bond motifs is 1. The van der Waals surface area contributed by atoms with Gasteiger partial charge in [-0.25, -0.2) is 0 Å². The molecule has 4 aromatic rings. The SMILES string of the molecule is FC(F)(F)Oc1cc(CCc2cc3oc(-c4nn[nH]n4)cc3cc2Cl)ccc1Cl. The molecule has 2 aromatic heterocycles. The van der Waals surface area contributed by atoms with Crippen molar-refractivity contribution in [2.24, 2.45) is 0 Å². The number of alkyl halides is 3. The van der Waals surface area contributed by atoms with E-state index in [0.717, 1.165) is 10.9 Å². The normalized spacial score (nSPS) is 11.9. The molecule has 150 valence electrons. The van der Waals surface area contributed by atoms with Gasteiger partial charge in [0.25, 0.3) is 0 Å². The van der Waals surface area contributed by atoms with Crippen molar-refractivity contribution in [2.45, 2.75) is 19.2 Å². The van der Waals surface area contributed by atoms with Crippen molar-refractivity contribution < 1.29 is 22.3 Å². The molecule has 0 radical (unpaired) electrons. The first kappa shape index (κ1) is 19.5. The number of rotatable bonds is 5. The Morgan fingerprint density at radius 2 is 1.86 bits per heavy atom. The van der Waals surface area contributed by atoms with Gasteiger partial charge in [0.2, 0.25) is 5.82 Å². The Morgan fingerprint density at radius 3 is 2.59 bits per heavy atom. The molecule has 1 N–H and O–H groups in total. The fourth-order valence-corrected chi connectivity index (χ4v) is 3.28. The smallest absolute Gasteiger partial charge is 0.453 e. The lowest BCUT2D eigenvalue weighted by atomic mass is 10.0. The van der Waals surface area contributed by atoms with Crippen LogP contribution in [0.25, 0.3) is 22.6 Å². The number of hydrogen-bond donors (Lipinski definition) is 1. The predicted octanol–water partition coefficient (Wildman–Crippen LogP) is 5.60. The van der Waals surface area contributed by atoms with Gasteiger partial charge < -0.3 is 9.15 Å². The van der Waals surface area contributed by atoms with E-state index in [1.165, 1.54) is 12.1 Å². The maximum Gasteiger partial charge on any atom is 0.573 e. The number of aromatic amines is 1. The molecule has 6 nitrogen and oxygen atoms in total. The highest BCUT2D eigenvalue weighted by molar-refractivity contribution is 6.32. The maximum atomic E-state index is 12.5. The molecular formula is C18H11Cl2F3N4O2. The lowest BCUT2D eigenvalue weighted by Gasteiger charge is -2.12. The van der Waals surface area contributed by atoms with Crippen LogP contribution in [0.15, 0.2) is 40.8 Å². The molecule has 0 fully saturated rings. The molecule has 0 atom stereocenters. The monoisotopic (exact) mass is 442 g/mol. The molecule has 0 saturated carbocycles. The number of nitrogens with zero attached hydrogens (tertiary/aromatic N) is 3. The Kier molecular flexibility index (Phi) is 5.10. The molecule has 4 rings (SSSR count). The number of hydrogen-bond acceptors (Lipinski definition) is 5. The van der Waals surface area contributed by atoms with Crippen LogP contribution in [0.1, 0.15) is 11.1 Å². The van der Waals surface area contributed by atoms with Crippen LogP contribution in [0.2, 0.25) is 10.0 Å². The number of ether oxygens (including phenoxy) is 1. The van der Waals surface area contributed by atoms with E-state index in [1.807, 2.05) is 0 Å². The van der Waals surface area contributed by atoms with Gasteiger partial charge in [0, 0.05) is 10.4 Å². The van der Waals surface area contributed by atoms with Crippen molar-refractivity contribution in [3.05, 3.63) is 57.6 Å². The third-order valence-corrected chi connectivity index (χ3v) is 4.82. The number of aryl methyl sites for hydroxylation is 2. The summed E-state index contributed by atoms with van der Waals surface area (Å²) in [5.74, 6) is 0.319. The van der Waals surface area contributed by atoms with Gasteiger partial charge >= 0.3 is 6.36 Å². The average Bonchev–Trinajstić information content (AvgIpc) is 3.30. The number of H-pyrrole nitrogens is 1. The molecule has 0 unspecified atom stereocenters. The van der Waals surface area contributed by atoms with Crippen LogP contribution in [0.4, 0.5) is 13.2 Å². The van der Waals surface area contributed by atoms with Crippen LogP contribution in [-0.4, -0.2) is 27.0 Å². The summed E-state index contributed by atoms with van der Waals surface area (Å²) >= 11 is 12.1. The van der Waals surface area contributed by atoms with Crippen molar-refractivity contribution >= 4 is 34.2 Å². The first-order valence-corrected chi connectivity index (χ1v) is 9.04. The highest BCUT2D eigenvalue weighted by Gasteiger charge is 2.32. The first-order chi connectivity index (χ1) is 13.8. The Morgan fingerprint density at radius 1 is 1.03 bits per heavy atom. The zero-order chi connectivity index (χ0) is 20.6. The molecule has 0 aliphatic carbocycles. The third kappa shape index (κ3) is 4.46. The maximum absolute atomic E-state index is 12.5. The molecule has 0 amide bonds. The Hall–Kier alpha value is -2.78. The van der Waals surface area contributed by atoms with Crippen LogP contribution in [0, 0.1) is 0 Å². The average molecular weight is 443 g/mol. The Bertz CT molecular complexity index is 1160. The fraction of sp³-hybridized carbons (Fsp3) is 0.167. The largest absolute Gasteiger partial charge is 0.573 e. The van der Waals surface area contributed by atoms with E-state index in [9.17, 15) is 13.2 Å². The summed E-state index contributed by atoms with van der Waals surface area (Å²) in [4.78, 5) is 0. The predicted molar refractivity (Wildman–Crippen MR) is 99.9 cm³/mol. The Balaban J connectivity index is 1.55. The van der Waals surface area contributed by atoms with Crippen molar-refractivity contribution in [3.8, 4) is 17.3 Å². The van der Waals surface area contributed by atoms with Crippen LogP contribution in [0.5, 0.6) is 5.75 Å². The van der Waals surface area contributed by atoms with Crippen LogP contribution >= 0.6 is 23.2 Å². The quantitative estimate of drug-likeness (QED) is 0.434. The van der Waals surface area contributed by atoms with Crippen molar-refractivity contribution in [2.75, 3.05) is 0 Å². The van der Waals surface area contributed by atoms with Gasteiger partial charge in [-0.05, 0) is 59.5 Å². The summed E-state index contributed by atoms with van der Waals surface area (Å²) in [5.41, 5.74) is 1.99. The minimum Gasteiger partial charge on any atom is -0.453 e. The van der Waals surface area contributed by atoms with Gasteiger partial charge in [0.15, 0.2) is 5.76 Å². The molecule has 2 aromatic carbocycles. The van der Waals surface area contributed by atoms with E-state index < -0.39 is 12.1 Å². The fourth-order valence-electron chi connectivity index (χ4n) is 2.85. The second-order valence-electron chi connectivity index (χ2n) is 6.14. The van der Waals surface area contributed by atoms with Gasteiger partial charge in [-0.15, -0.1) is 23.4 Å². The summed E-state index contributed by atoms with van der Waals surface area (Å²) in [6.07, 6.45) is -3.92.